The van der Waals surface area contributed by atoms with Crippen LogP contribution in [0.3, 0.4) is 0 Å². The second-order valence-corrected chi connectivity index (χ2v) is 40.2. The minimum Gasteiger partial charge on any atom is -0.309 e. The first-order valence-electron chi connectivity index (χ1n) is 49.8. The molecule has 10 heteroatoms. The van der Waals surface area contributed by atoms with Gasteiger partial charge in [-0.05, 0) is 316 Å². The van der Waals surface area contributed by atoms with Gasteiger partial charge in [0, 0.05) is 119 Å². The molecule has 5 aromatic heterocycles. The third kappa shape index (κ3) is 11.6. The zero-order chi connectivity index (χ0) is 91.2. The maximum Gasteiger partial charge on any atom is 0.141 e. The van der Waals surface area contributed by atoms with Crippen molar-refractivity contribution in [3.8, 4) is 55.6 Å². The van der Waals surface area contributed by atoms with E-state index in [9.17, 15) is 0 Å². The van der Waals surface area contributed by atoms with Gasteiger partial charge in [0.05, 0.1) is 80.1 Å². The number of hydrogen-bond donors (Lipinski definition) is 0. The lowest BCUT2D eigenvalue weighted by Crippen LogP contribution is -2.26. The molecule has 0 unspecified atom stereocenters. The lowest BCUT2D eigenvalue weighted by atomic mass is 9.84. The monoisotopic (exact) mass is 1790 g/mol. The molecule has 0 radical (unpaired) electrons. The Morgan fingerprint density at radius 3 is 0.907 bits per heavy atom. The summed E-state index contributed by atoms with van der Waals surface area (Å²) in [6.45, 7) is 0. The zero-order valence-corrected chi connectivity index (χ0v) is 77.2. The predicted molar refractivity (Wildman–Crippen MR) is 564 cm³/mol. The summed E-state index contributed by atoms with van der Waals surface area (Å²) in [6, 6.07) is 116. The van der Waals surface area contributed by atoms with Crippen LogP contribution in [0.4, 0.5) is 85.4 Å². The molecule has 15 aromatic carbocycles. The Balaban J connectivity index is 0.0000000806. The van der Waals surface area contributed by atoms with Crippen LogP contribution in [0.15, 0.2) is 365 Å². The van der Waals surface area contributed by atoms with Crippen LogP contribution in [0.2, 0.25) is 0 Å². The highest BCUT2D eigenvalue weighted by molar-refractivity contribution is 6.00. The fourth-order valence-electron chi connectivity index (χ4n) is 27.0. The molecule has 0 spiro atoms. The van der Waals surface area contributed by atoms with Crippen molar-refractivity contribution < 1.29 is 0 Å². The first kappa shape index (κ1) is 78.3. The van der Waals surface area contributed by atoms with Gasteiger partial charge < -0.3 is 19.6 Å². The molecule has 5 aliphatic carbocycles. The number of rotatable bonds is 0. The maximum absolute atomic E-state index is 4.80. The van der Waals surface area contributed by atoms with Crippen LogP contribution in [0.1, 0.15) is 167 Å². The maximum atomic E-state index is 4.80. The lowest BCUT2D eigenvalue weighted by Gasteiger charge is -2.39. The number of para-hydroxylation sites is 5. The quantitative estimate of drug-likeness (QED) is 0.146. The number of nitrogens with zero attached hydrogens (tertiary/aromatic N) is 10. The average Bonchev–Trinajstić information content (AvgIpc) is 1.03. The van der Waals surface area contributed by atoms with Crippen LogP contribution < -0.4 is 24.5 Å². The van der Waals surface area contributed by atoms with Crippen molar-refractivity contribution in [3.63, 3.8) is 0 Å². The lowest BCUT2D eigenvalue weighted by molar-refractivity contribution is 0.953. The zero-order valence-electron chi connectivity index (χ0n) is 77.2. The number of aromatic nitrogens is 5. The molecule has 35 rings (SSSR count). The molecular formula is C130H90N10. The first-order chi connectivity index (χ1) is 69.4. The molecule has 0 saturated heterocycles. The molecule has 0 atom stereocenters. The van der Waals surface area contributed by atoms with E-state index >= 15 is 0 Å². The fourth-order valence-corrected chi connectivity index (χ4v) is 27.0. The van der Waals surface area contributed by atoms with E-state index in [4.69, 9.17) is 9.97 Å². The van der Waals surface area contributed by atoms with Crippen molar-refractivity contribution in [2.75, 3.05) is 24.5 Å². The molecule has 660 valence electrons. The Bertz CT molecular complexity index is 7690. The molecule has 10 aliphatic heterocycles. The highest BCUT2D eigenvalue weighted by Crippen LogP contribution is 2.61. The smallest absolute Gasteiger partial charge is 0.141 e. The van der Waals surface area contributed by atoms with Crippen LogP contribution in [-0.4, -0.2) is 24.9 Å². The standard InChI is InChI=1S/5C26H18N2/c1-3-7-20-16(5-1)12-22-21(20)9-10-25-23(22)13-19-15-27-14-18-11-17-6-2-4-8-24(17)28(25)26(18)19;1-3-7-19-16(5-1)13-21-20(19)9-10-25-22(21)14-18-11-12-27-23-15-17-6-2-4-8-24(17)28(25)26(18)23;1-2-9-20-16(5-1)14-22-21(20)10-11-24-23(22)15-18-7-3-6-17-13-19-8-4-12-27-26(19)28(24)25(17)18;1-2-7-20-16(4-1)13-22-21(20)8-9-24-23(22)14-19-6-3-5-18-12-17-10-11-27-15-25(17)28(24)26(18)19;1-2-7-20-16(4-1)13-22-21(20)8-9-25-23(22)14-18-6-3-5-17-12-19-15-27-11-10-24(19)28(25)26(17)18/h1-10,14-15H,11-13H2;2*1-12H,13-15H2;2*1-11,15H,12-14H2. The number of pyridine rings is 5. The van der Waals surface area contributed by atoms with Gasteiger partial charge in [-0.25, -0.2) is 4.98 Å². The van der Waals surface area contributed by atoms with Crippen LogP contribution in [-0.2, 0) is 96.3 Å². The predicted octanol–water partition coefficient (Wildman–Crippen LogP) is 29.7. The molecule has 20 aromatic rings. The van der Waals surface area contributed by atoms with E-state index in [1.165, 1.54) is 302 Å². The summed E-state index contributed by atoms with van der Waals surface area (Å²) in [4.78, 5) is 35.3. The van der Waals surface area contributed by atoms with Crippen LogP contribution in [0.5, 0.6) is 0 Å². The molecule has 10 nitrogen and oxygen atoms in total. The molecule has 140 heavy (non-hydrogen) atoms. The number of hydrogen-bond acceptors (Lipinski definition) is 10. The first-order valence-corrected chi connectivity index (χ1v) is 49.8. The van der Waals surface area contributed by atoms with Gasteiger partial charge in [-0.1, -0.05) is 249 Å². The summed E-state index contributed by atoms with van der Waals surface area (Å²) in [5.74, 6) is 1.10. The van der Waals surface area contributed by atoms with Gasteiger partial charge in [-0.3, -0.25) is 24.8 Å². The van der Waals surface area contributed by atoms with Crippen molar-refractivity contribution >= 4 is 85.4 Å². The van der Waals surface area contributed by atoms with E-state index in [1.807, 2.05) is 37.2 Å². The molecule has 15 heterocycles. The van der Waals surface area contributed by atoms with Crippen LogP contribution in [0, 0.1) is 0 Å². The molecule has 15 aliphatic rings. The second-order valence-electron chi connectivity index (χ2n) is 40.2. The van der Waals surface area contributed by atoms with Crippen molar-refractivity contribution in [2.45, 2.75) is 96.3 Å². The van der Waals surface area contributed by atoms with E-state index in [-0.39, 0.29) is 0 Å². The molecule has 0 bridgehead atoms. The SMILES string of the molecule is c1ccc2c(c1)Cc1c-2ccc2c1Cc1cccc3c1N2c1ccncc1C3.c1ccc2c(c1)Cc1c-2ccc2c1Cc1cccc3c1N2c1cnccc1C3.c1ccc2c(c1)Cc1c-2ccc2c1Cc1cccc3c1N2c1ncccc1C3.c1ccc2c(c1)Cc1c-2ccc2c1Cc1ccnc3c1N2c1ccccc1C3.c1ccc2c(c1)Cc1c-2ccc2c1Cc1cncc3c1N2c1ccccc1C3. The number of fused-ring (bicyclic) bond motifs is 40. The highest BCUT2D eigenvalue weighted by Gasteiger charge is 2.43. The van der Waals surface area contributed by atoms with Crippen LogP contribution in [0.25, 0.3) is 55.6 Å². The third-order valence-corrected chi connectivity index (χ3v) is 33.0. The summed E-state index contributed by atoms with van der Waals surface area (Å²) in [5, 5.41) is 0. The van der Waals surface area contributed by atoms with Crippen LogP contribution >= 0.6 is 0 Å². The van der Waals surface area contributed by atoms with Gasteiger partial charge in [0.1, 0.15) is 5.82 Å². The molecule has 0 fully saturated rings. The van der Waals surface area contributed by atoms with E-state index < -0.39 is 0 Å². The molecule has 0 N–H and O–H groups in total. The van der Waals surface area contributed by atoms with Gasteiger partial charge in [-0.15, -0.1) is 0 Å². The van der Waals surface area contributed by atoms with Crippen molar-refractivity contribution in [3.05, 3.63) is 532 Å². The Morgan fingerprint density at radius 1 is 0.143 bits per heavy atom. The summed E-state index contributed by atoms with van der Waals surface area (Å²) in [7, 11) is 0. The largest absolute Gasteiger partial charge is 0.309 e. The Labute approximate surface area is 813 Å². The van der Waals surface area contributed by atoms with E-state index in [2.05, 4.69) is 367 Å². The minimum atomic E-state index is 0.918. The molecule has 0 saturated carbocycles. The third-order valence-electron chi connectivity index (χ3n) is 33.0. The number of benzene rings is 15. The van der Waals surface area contributed by atoms with E-state index in [1.54, 1.807) is 0 Å². The average molecular weight is 1790 g/mol. The van der Waals surface area contributed by atoms with Gasteiger partial charge in [0.25, 0.3) is 0 Å². The minimum absolute atomic E-state index is 0.918. The number of anilines is 15. The topological polar surface area (TPSA) is 80.7 Å². The van der Waals surface area contributed by atoms with Crippen molar-refractivity contribution in [1.29, 1.82) is 0 Å². The molecule has 0 amide bonds. The van der Waals surface area contributed by atoms with Gasteiger partial charge >= 0.3 is 0 Å². The van der Waals surface area contributed by atoms with Gasteiger partial charge in [0.15, 0.2) is 0 Å². The van der Waals surface area contributed by atoms with Crippen molar-refractivity contribution in [2.24, 2.45) is 0 Å². The fraction of sp³-hybridized carbons (Fsp3) is 0.115. The van der Waals surface area contributed by atoms with E-state index in [0.717, 1.165) is 102 Å². The normalized spacial score (nSPS) is 14.6. The second kappa shape index (κ2) is 30.3. The summed E-state index contributed by atoms with van der Waals surface area (Å²) < 4.78 is 0. The Morgan fingerprint density at radius 2 is 0.436 bits per heavy atom. The Hall–Kier alpha value is -17.0. The Kier molecular flexibility index (Phi) is 16.9. The van der Waals surface area contributed by atoms with Gasteiger partial charge in [0.2, 0.25) is 0 Å². The molecular weight excluding hydrogens is 1700 g/mol. The van der Waals surface area contributed by atoms with Gasteiger partial charge in [-0.2, -0.15) is 0 Å². The summed E-state index contributed by atoms with van der Waals surface area (Å²) in [6.07, 6.45) is 30.9. The summed E-state index contributed by atoms with van der Waals surface area (Å²) in [5.41, 5.74) is 75.4. The highest BCUT2D eigenvalue weighted by atomic mass is 15.2. The van der Waals surface area contributed by atoms with E-state index in [0.29, 0.717) is 0 Å². The van der Waals surface area contributed by atoms with Crippen molar-refractivity contribution in [1.82, 2.24) is 24.9 Å². The summed E-state index contributed by atoms with van der Waals surface area (Å²) >= 11 is 0.